The molecule has 2 aromatic carbocycles. The monoisotopic (exact) mass is 474 g/mol. The minimum absolute atomic E-state index is 0.0799. The van der Waals surface area contributed by atoms with Gasteiger partial charge in [0.05, 0.1) is 17.3 Å². The van der Waals surface area contributed by atoms with E-state index in [9.17, 15) is 4.79 Å². The highest BCUT2D eigenvalue weighted by Gasteiger charge is 2.19. The van der Waals surface area contributed by atoms with Crippen LogP contribution < -0.4 is 5.32 Å². The van der Waals surface area contributed by atoms with E-state index >= 15 is 0 Å². The van der Waals surface area contributed by atoms with Gasteiger partial charge < -0.3 is 5.32 Å². The Balaban J connectivity index is 1.93. The molecule has 0 aliphatic heterocycles. The average Bonchev–Trinajstić information content (AvgIpc) is 3.09. The van der Waals surface area contributed by atoms with Crippen LogP contribution >= 0.6 is 58.2 Å². The molecule has 0 aliphatic rings. The summed E-state index contributed by atoms with van der Waals surface area (Å²) in [4.78, 5) is 10.5. The highest BCUT2D eigenvalue weighted by atomic mass is 35.5. The highest BCUT2D eigenvalue weighted by molar-refractivity contribution is 7.98. The number of amides is 1. The minimum atomic E-state index is -1.17. The third-order valence-electron chi connectivity index (χ3n) is 3.68. The summed E-state index contributed by atoms with van der Waals surface area (Å²) in [7, 11) is 0. The molecule has 146 valence electrons. The van der Waals surface area contributed by atoms with Crippen LogP contribution in [0, 0.1) is 0 Å². The van der Waals surface area contributed by atoms with Crippen molar-refractivity contribution in [3.05, 3.63) is 70.0 Å². The molecule has 0 atom stereocenters. The van der Waals surface area contributed by atoms with Crippen LogP contribution in [0.25, 0.3) is 5.69 Å². The SMILES string of the molecule is O=C(NCc1nnc(SCc2ccccc2)n1-c1cc(Cl)ccc1Cl)C(Cl)Cl. The number of nitrogens with one attached hydrogen (secondary N) is 1. The van der Waals surface area contributed by atoms with E-state index < -0.39 is 10.7 Å². The third kappa shape index (κ3) is 5.33. The summed E-state index contributed by atoms with van der Waals surface area (Å²) in [5.74, 6) is 0.644. The van der Waals surface area contributed by atoms with Crippen molar-refractivity contribution in [2.24, 2.45) is 0 Å². The molecule has 0 aliphatic carbocycles. The van der Waals surface area contributed by atoms with E-state index in [1.807, 2.05) is 30.3 Å². The number of thioether (sulfide) groups is 1. The van der Waals surface area contributed by atoms with E-state index in [1.54, 1.807) is 22.8 Å². The molecule has 3 rings (SSSR count). The Morgan fingerprint density at radius 2 is 1.86 bits per heavy atom. The number of alkyl halides is 2. The van der Waals surface area contributed by atoms with Gasteiger partial charge in [-0.15, -0.1) is 10.2 Å². The summed E-state index contributed by atoms with van der Waals surface area (Å²) in [6.07, 6.45) is 0. The second-order valence-corrected chi connectivity index (χ2v) is 8.51. The van der Waals surface area contributed by atoms with Crippen molar-refractivity contribution in [2.75, 3.05) is 0 Å². The Morgan fingerprint density at radius 3 is 2.57 bits per heavy atom. The van der Waals surface area contributed by atoms with Gasteiger partial charge >= 0.3 is 0 Å². The van der Waals surface area contributed by atoms with E-state index in [0.29, 0.717) is 32.5 Å². The van der Waals surface area contributed by atoms with Crippen molar-refractivity contribution in [2.45, 2.75) is 22.3 Å². The van der Waals surface area contributed by atoms with Gasteiger partial charge in [0.2, 0.25) is 0 Å². The second-order valence-electron chi connectivity index (χ2n) is 5.62. The Bertz CT molecular complexity index is 965. The molecule has 0 saturated carbocycles. The lowest BCUT2D eigenvalue weighted by Gasteiger charge is -2.13. The second kappa shape index (κ2) is 9.85. The van der Waals surface area contributed by atoms with Crippen molar-refractivity contribution < 1.29 is 4.79 Å². The fourth-order valence-electron chi connectivity index (χ4n) is 2.37. The zero-order valence-corrected chi connectivity index (χ0v) is 18.1. The molecule has 5 nitrogen and oxygen atoms in total. The quantitative estimate of drug-likeness (QED) is 0.372. The molecule has 0 bridgehead atoms. The summed E-state index contributed by atoms with van der Waals surface area (Å²) < 4.78 is 1.76. The fraction of sp³-hybridized carbons (Fsp3) is 0.167. The maximum absolute atomic E-state index is 11.7. The summed E-state index contributed by atoms with van der Waals surface area (Å²) in [5, 5.41) is 12.7. The molecular weight excluding hydrogens is 462 g/mol. The summed E-state index contributed by atoms with van der Waals surface area (Å²) >= 11 is 25.2. The minimum Gasteiger partial charge on any atom is -0.346 e. The number of hydrogen-bond donors (Lipinski definition) is 1. The number of aromatic nitrogens is 3. The van der Waals surface area contributed by atoms with E-state index in [0.717, 1.165) is 5.56 Å². The Hall–Kier alpha value is -1.44. The maximum Gasteiger partial charge on any atom is 0.253 e. The molecular formula is C18H14Cl4N4OS. The normalized spacial score (nSPS) is 11.0. The van der Waals surface area contributed by atoms with E-state index in [2.05, 4.69) is 15.5 Å². The largest absolute Gasteiger partial charge is 0.346 e. The predicted molar refractivity (Wildman–Crippen MR) is 115 cm³/mol. The zero-order chi connectivity index (χ0) is 20.1. The molecule has 0 saturated heterocycles. The molecule has 1 aromatic heterocycles. The van der Waals surface area contributed by atoms with E-state index in [4.69, 9.17) is 46.4 Å². The smallest absolute Gasteiger partial charge is 0.253 e. The molecule has 0 unspecified atom stereocenters. The third-order valence-corrected chi connectivity index (χ3v) is 5.63. The molecule has 1 amide bonds. The number of benzene rings is 2. The summed E-state index contributed by atoms with van der Waals surface area (Å²) in [5.41, 5.74) is 1.76. The number of hydrogen-bond acceptors (Lipinski definition) is 4. The lowest BCUT2D eigenvalue weighted by molar-refractivity contribution is -0.119. The molecule has 3 aromatic rings. The number of carbonyl (C=O) groups excluding carboxylic acids is 1. The number of carbonyl (C=O) groups is 1. The van der Waals surface area contributed by atoms with Crippen LogP contribution in [0.3, 0.4) is 0 Å². The van der Waals surface area contributed by atoms with Gasteiger partial charge in [0, 0.05) is 10.8 Å². The van der Waals surface area contributed by atoms with Gasteiger partial charge in [-0.2, -0.15) is 0 Å². The highest BCUT2D eigenvalue weighted by Crippen LogP contribution is 2.30. The summed E-state index contributed by atoms with van der Waals surface area (Å²) in [6, 6.07) is 15.1. The molecule has 0 spiro atoms. The van der Waals surface area contributed by atoms with Gasteiger partial charge in [0.1, 0.15) is 0 Å². The lowest BCUT2D eigenvalue weighted by Crippen LogP contribution is -2.29. The number of nitrogens with zero attached hydrogens (tertiary/aromatic N) is 3. The molecule has 1 heterocycles. The first-order valence-electron chi connectivity index (χ1n) is 8.08. The van der Waals surface area contributed by atoms with Crippen LogP contribution in [0.1, 0.15) is 11.4 Å². The van der Waals surface area contributed by atoms with E-state index in [1.165, 1.54) is 11.8 Å². The number of rotatable bonds is 7. The van der Waals surface area contributed by atoms with Gasteiger partial charge in [-0.3, -0.25) is 9.36 Å². The Kier molecular flexibility index (Phi) is 7.48. The van der Waals surface area contributed by atoms with Crippen molar-refractivity contribution in [3.63, 3.8) is 0 Å². The van der Waals surface area contributed by atoms with E-state index in [-0.39, 0.29) is 6.54 Å². The molecule has 1 N–H and O–H groups in total. The van der Waals surface area contributed by atoms with Gasteiger partial charge in [-0.1, -0.05) is 88.5 Å². The molecule has 10 heteroatoms. The molecule has 0 fully saturated rings. The Labute approximate surface area is 186 Å². The van der Waals surface area contributed by atoms with Gasteiger partial charge in [-0.05, 0) is 23.8 Å². The fourth-order valence-corrected chi connectivity index (χ4v) is 3.82. The van der Waals surface area contributed by atoms with Crippen molar-refractivity contribution in [1.82, 2.24) is 20.1 Å². The van der Waals surface area contributed by atoms with Crippen LogP contribution in [0.2, 0.25) is 10.0 Å². The zero-order valence-electron chi connectivity index (χ0n) is 14.3. The topological polar surface area (TPSA) is 59.8 Å². The van der Waals surface area contributed by atoms with Crippen LogP contribution in [0.4, 0.5) is 0 Å². The van der Waals surface area contributed by atoms with Crippen LogP contribution in [0.5, 0.6) is 0 Å². The maximum atomic E-state index is 11.7. The predicted octanol–water partition coefficient (Wildman–Crippen LogP) is 5.29. The van der Waals surface area contributed by atoms with Crippen LogP contribution in [-0.2, 0) is 17.1 Å². The molecule has 28 heavy (non-hydrogen) atoms. The lowest BCUT2D eigenvalue weighted by atomic mass is 10.2. The standard InChI is InChI=1S/C18H14Cl4N4OS/c19-12-6-7-13(20)14(8-12)26-15(9-23-17(27)16(21)22)24-25-18(26)28-10-11-4-2-1-3-5-11/h1-8,16H,9-10H2,(H,23,27). The van der Waals surface area contributed by atoms with Crippen LogP contribution in [-0.4, -0.2) is 25.5 Å². The first-order chi connectivity index (χ1) is 13.5. The summed E-state index contributed by atoms with van der Waals surface area (Å²) in [6.45, 7) is 0.0799. The molecule has 0 radical (unpaired) electrons. The van der Waals surface area contributed by atoms with Gasteiger partial charge in [-0.25, -0.2) is 0 Å². The first kappa shape index (κ1) is 21.3. The van der Waals surface area contributed by atoms with Crippen LogP contribution in [0.15, 0.2) is 53.7 Å². The van der Waals surface area contributed by atoms with Crippen molar-refractivity contribution >= 4 is 64.1 Å². The van der Waals surface area contributed by atoms with Crippen molar-refractivity contribution in [1.29, 1.82) is 0 Å². The van der Waals surface area contributed by atoms with Gasteiger partial charge in [0.25, 0.3) is 5.91 Å². The average molecular weight is 476 g/mol. The number of halogens is 4. The van der Waals surface area contributed by atoms with Gasteiger partial charge in [0.15, 0.2) is 15.8 Å². The Morgan fingerprint density at radius 1 is 1.11 bits per heavy atom. The van der Waals surface area contributed by atoms with Crippen molar-refractivity contribution in [3.8, 4) is 5.69 Å². The first-order valence-corrected chi connectivity index (χ1v) is 10.7.